The summed E-state index contributed by atoms with van der Waals surface area (Å²) in [5, 5.41) is 4.82. The van der Waals surface area contributed by atoms with E-state index in [1.165, 1.54) is 0 Å². The van der Waals surface area contributed by atoms with Crippen LogP contribution in [0.15, 0.2) is 10.6 Å². The number of rotatable bonds is 2. The zero-order valence-corrected chi connectivity index (χ0v) is 9.63. The third-order valence-electron chi connectivity index (χ3n) is 1.93. The maximum Gasteiger partial charge on any atom is 0.222 e. The third-order valence-corrected chi connectivity index (χ3v) is 3.28. The van der Waals surface area contributed by atoms with Gasteiger partial charge in [-0.05, 0) is 6.92 Å². The van der Waals surface area contributed by atoms with E-state index in [1.807, 2.05) is 25.9 Å². The van der Waals surface area contributed by atoms with E-state index in [-0.39, 0.29) is 0 Å². The minimum absolute atomic E-state index is 0.323. The molecule has 5 nitrogen and oxygen atoms in total. The second-order valence-electron chi connectivity index (χ2n) is 3.42. The number of thiazole rings is 1. The summed E-state index contributed by atoms with van der Waals surface area (Å²) in [6.07, 6.45) is 0. The van der Waals surface area contributed by atoms with Gasteiger partial charge in [-0.25, -0.2) is 4.98 Å². The average Bonchev–Trinajstić information content (AvgIpc) is 2.71. The summed E-state index contributed by atoms with van der Waals surface area (Å²) in [4.78, 5) is 7.38. The molecule has 0 aromatic carbocycles. The van der Waals surface area contributed by atoms with Gasteiger partial charge in [0.05, 0.1) is 10.6 Å². The van der Waals surface area contributed by atoms with E-state index in [2.05, 4.69) is 10.1 Å². The molecule has 0 radical (unpaired) electrons. The van der Waals surface area contributed by atoms with Crippen LogP contribution in [0.4, 0.5) is 11.0 Å². The number of aromatic nitrogens is 2. The molecule has 0 aliphatic rings. The van der Waals surface area contributed by atoms with Crippen LogP contribution in [0, 0.1) is 6.92 Å². The predicted octanol–water partition coefficient (Wildman–Crippen LogP) is 1.75. The van der Waals surface area contributed by atoms with Gasteiger partial charge in [0.15, 0.2) is 5.13 Å². The van der Waals surface area contributed by atoms with Crippen molar-refractivity contribution in [2.24, 2.45) is 0 Å². The number of nitrogen functional groups attached to an aromatic ring is 1. The Bertz CT molecular complexity index is 474. The molecule has 0 aliphatic carbocycles. The number of aryl methyl sites for hydroxylation is 1. The second-order valence-corrected chi connectivity index (χ2v) is 4.40. The average molecular weight is 224 g/mol. The fourth-order valence-corrected chi connectivity index (χ4v) is 2.15. The fourth-order valence-electron chi connectivity index (χ4n) is 1.21. The molecule has 6 heteroatoms. The van der Waals surface area contributed by atoms with Crippen LogP contribution in [0.5, 0.6) is 0 Å². The predicted molar refractivity (Wildman–Crippen MR) is 61.1 cm³/mol. The van der Waals surface area contributed by atoms with E-state index >= 15 is 0 Å². The number of anilines is 2. The molecule has 15 heavy (non-hydrogen) atoms. The lowest BCUT2D eigenvalue weighted by Crippen LogP contribution is -2.07. The molecule has 2 heterocycles. The van der Waals surface area contributed by atoms with Crippen molar-refractivity contribution < 1.29 is 4.52 Å². The number of hydrogen-bond acceptors (Lipinski definition) is 6. The summed E-state index contributed by atoms with van der Waals surface area (Å²) in [6, 6.07) is 1.71. The summed E-state index contributed by atoms with van der Waals surface area (Å²) < 4.78 is 4.84. The maximum absolute atomic E-state index is 5.48. The Morgan fingerprint density at radius 2 is 2.20 bits per heavy atom. The zero-order valence-electron chi connectivity index (χ0n) is 8.81. The lowest BCUT2D eigenvalue weighted by Gasteiger charge is -2.04. The molecule has 0 aliphatic heterocycles. The van der Waals surface area contributed by atoms with Gasteiger partial charge in [0.25, 0.3) is 0 Å². The van der Waals surface area contributed by atoms with Crippen molar-refractivity contribution in [3.05, 3.63) is 11.8 Å². The first kappa shape index (κ1) is 9.97. The molecule has 0 saturated carbocycles. The Morgan fingerprint density at radius 1 is 1.47 bits per heavy atom. The molecular weight excluding hydrogens is 212 g/mol. The highest BCUT2D eigenvalue weighted by Gasteiger charge is 2.14. The van der Waals surface area contributed by atoms with Crippen molar-refractivity contribution >= 4 is 22.4 Å². The van der Waals surface area contributed by atoms with Crippen LogP contribution in [0.3, 0.4) is 0 Å². The van der Waals surface area contributed by atoms with Gasteiger partial charge in [-0.15, -0.1) is 0 Å². The van der Waals surface area contributed by atoms with Gasteiger partial charge in [-0.2, -0.15) is 0 Å². The molecule has 0 spiro atoms. The van der Waals surface area contributed by atoms with E-state index in [9.17, 15) is 0 Å². The normalized spacial score (nSPS) is 10.6. The summed E-state index contributed by atoms with van der Waals surface area (Å²) in [6.45, 7) is 1.95. The Hall–Kier alpha value is -1.56. The molecule has 0 fully saturated rings. The van der Waals surface area contributed by atoms with Gasteiger partial charge in [0.2, 0.25) is 5.88 Å². The van der Waals surface area contributed by atoms with Gasteiger partial charge >= 0.3 is 0 Å². The van der Waals surface area contributed by atoms with Crippen LogP contribution in [0.25, 0.3) is 10.6 Å². The van der Waals surface area contributed by atoms with E-state index in [0.29, 0.717) is 5.88 Å². The smallest absolute Gasteiger partial charge is 0.222 e. The molecule has 80 valence electrons. The quantitative estimate of drug-likeness (QED) is 0.841. The first-order valence-corrected chi connectivity index (χ1v) is 5.27. The molecule has 0 unspecified atom stereocenters. The molecule has 0 bridgehead atoms. The Morgan fingerprint density at radius 3 is 2.67 bits per heavy atom. The largest absolute Gasteiger partial charge is 0.368 e. The van der Waals surface area contributed by atoms with Crippen LogP contribution >= 0.6 is 11.3 Å². The van der Waals surface area contributed by atoms with E-state index in [0.717, 1.165) is 21.4 Å². The Balaban J connectivity index is 2.44. The summed E-state index contributed by atoms with van der Waals surface area (Å²) in [5.41, 5.74) is 7.16. The molecule has 2 aromatic heterocycles. The minimum Gasteiger partial charge on any atom is -0.368 e. The minimum atomic E-state index is 0.323. The van der Waals surface area contributed by atoms with E-state index in [1.54, 1.807) is 17.4 Å². The zero-order chi connectivity index (χ0) is 11.0. The summed E-state index contributed by atoms with van der Waals surface area (Å²) in [7, 11) is 3.92. The number of nitrogens with two attached hydrogens (primary N) is 1. The number of nitrogens with zero attached hydrogens (tertiary/aromatic N) is 3. The van der Waals surface area contributed by atoms with Crippen molar-refractivity contribution in [1.29, 1.82) is 0 Å². The second kappa shape index (κ2) is 3.54. The van der Waals surface area contributed by atoms with Crippen molar-refractivity contribution in [2.75, 3.05) is 24.7 Å². The van der Waals surface area contributed by atoms with Gasteiger partial charge in [-0.3, -0.25) is 0 Å². The molecule has 2 rings (SSSR count). The molecule has 2 aromatic rings. The Labute approximate surface area is 91.5 Å². The topological polar surface area (TPSA) is 68.2 Å². The highest BCUT2D eigenvalue weighted by Crippen LogP contribution is 2.33. The van der Waals surface area contributed by atoms with Gasteiger partial charge in [-0.1, -0.05) is 16.5 Å². The van der Waals surface area contributed by atoms with E-state index in [4.69, 9.17) is 10.3 Å². The van der Waals surface area contributed by atoms with Crippen LogP contribution in [0.1, 0.15) is 5.69 Å². The summed E-state index contributed by atoms with van der Waals surface area (Å²) >= 11 is 1.57. The number of hydrogen-bond donors (Lipinski definition) is 1. The van der Waals surface area contributed by atoms with Crippen LogP contribution in [-0.2, 0) is 0 Å². The maximum atomic E-state index is 5.48. The molecule has 0 amide bonds. The Kier molecular flexibility index (Phi) is 2.36. The van der Waals surface area contributed by atoms with Crippen LogP contribution in [0.2, 0.25) is 0 Å². The summed E-state index contributed by atoms with van der Waals surface area (Å²) in [5.74, 6) is 0.323. The van der Waals surface area contributed by atoms with Crippen LogP contribution in [-0.4, -0.2) is 24.2 Å². The monoisotopic (exact) mass is 224 g/mol. The van der Waals surface area contributed by atoms with E-state index < -0.39 is 0 Å². The van der Waals surface area contributed by atoms with Gasteiger partial charge < -0.3 is 15.2 Å². The first-order valence-electron chi connectivity index (χ1n) is 4.45. The highest BCUT2D eigenvalue weighted by atomic mass is 32.1. The third kappa shape index (κ3) is 1.80. The van der Waals surface area contributed by atoms with Crippen LogP contribution < -0.4 is 10.6 Å². The lowest BCUT2D eigenvalue weighted by molar-refractivity contribution is 0.439. The van der Waals surface area contributed by atoms with Crippen molar-refractivity contribution in [1.82, 2.24) is 10.1 Å². The molecule has 0 atom stereocenters. The first-order chi connectivity index (χ1) is 7.08. The molecule has 2 N–H and O–H groups in total. The van der Waals surface area contributed by atoms with Gasteiger partial charge in [0, 0.05) is 20.2 Å². The molecular formula is C9H12N4OS. The SMILES string of the molecule is Cc1nc(N(C)C)sc1-c1cc(N)on1. The molecule has 0 saturated heterocycles. The lowest BCUT2D eigenvalue weighted by atomic mass is 10.3. The fraction of sp³-hybridized carbons (Fsp3) is 0.333. The highest BCUT2D eigenvalue weighted by molar-refractivity contribution is 7.19. The van der Waals surface area contributed by atoms with Crippen molar-refractivity contribution in [3.63, 3.8) is 0 Å². The van der Waals surface area contributed by atoms with Crippen molar-refractivity contribution in [3.8, 4) is 10.6 Å². The standard InChI is InChI=1S/C9H12N4OS/c1-5-8(6-4-7(10)14-12-6)15-9(11-5)13(2)3/h4H,10H2,1-3H3. The van der Waals surface area contributed by atoms with Crippen molar-refractivity contribution in [2.45, 2.75) is 6.92 Å². The van der Waals surface area contributed by atoms with Gasteiger partial charge in [0.1, 0.15) is 5.69 Å².